The molecule has 0 aliphatic carbocycles. The van der Waals surface area contributed by atoms with Crippen LogP contribution in [0.5, 0.6) is 0 Å². The highest BCUT2D eigenvalue weighted by Crippen LogP contribution is 2.20. The van der Waals surface area contributed by atoms with Crippen LogP contribution in [0.3, 0.4) is 0 Å². The highest BCUT2D eigenvalue weighted by molar-refractivity contribution is 5.94. The van der Waals surface area contributed by atoms with Gasteiger partial charge in [-0.2, -0.15) is 5.10 Å². The number of halogens is 1. The van der Waals surface area contributed by atoms with E-state index >= 15 is 0 Å². The second kappa shape index (κ2) is 5.73. The summed E-state index contributed by atoms with van der Waals surface area (Å²) in [5.74, 6) is -2.03. The summed E-state index contributed by atoms with van der Waals surface area (Å²) in [6.07, 6.45) is 2.65. The number of hydrogen-bond donors (Lipinski definition) is 2. The van der Waals surface area contributed by atoms with Gasteiger partial charge in [-0.3, -0.25) is 4.68 Å². The van der Waals surface area contributed by atoms with Crippen LogP contribution in [-0.4, -0.2) is 20.9 Å². The van der Waals surface area contributed by atoms with Crippen LogP contribution in [0.2, 0.25) is 0 Å². The summed E-state index contributed by atoms with van der Waals surface area (Å²) in [6, 6.07) is 4.17. The van der Waals surface area contributed by atoms with Crippen molar-refractivity contribution in [3.8, 4) is 0 Å². The van der Waals surface area contributed by atoms with E-state index in [2.05, 4.69) is 10.4 Å². The van der Waals surface area contributed by atoms with Crippen LogP contribution in [0.4, 0.5) is 10.1 Å². The molecule has 1 heterocycles. The van der Waals surface area contributed by atoms with Gasteiger partial charge in [0.1, 0.15) is 11.4 Å². The predicted octanol–water partition coefficient (Wildman–Crippen LogP) is 2.43. The lowest BCUT2D eigenvalue weighted by atomic mass is 10.1. The van der Waals surface area contributed by atoms with Crippen molar-refractivity contribution in [1.82, 2.24) is 9.78 Å². The van der Waals surface area contributed by atoms with Crippen LogP contribution < -0.4 is 5.32 Å². The second-order valence-corrected chi connectivity index (χ2v) is 4.45. The molecule has 0 saturated heterocycles. The lowest BCUT2D eigenvalue weighted by Crippen LogP contribution is -2.09. The van der Waals surface area contributed by atoms with Gasteiger partial charge in [-0.25, -0.2) is 9.18 Å². The summed E-state index contributed by atoms with van der Waals surface area (Å²) in [7, 11) is 1.83. The summed E-state index contributed by atoms with van der Waals surface area (Å²) < 4.78 is 15.2. The number of anilines is 1. The Labute approximate surface area is 116 Å². The number of nitrogens with one attached hydrogen (secondary N) is 1. The van der Waals surface area contributed by atoms with Crippen molar-refractivity contribution >= 4 is 11.7 Å². The van der Waals surface area contributed by atoms with E-state index in [0.29, 0.717) is 6.54 Å². The molecule has 20 heavy (non-hydrogen) atoms. The second-order valence-electron chi connectivity index (χ2n) is 4.45. The maximum Gasteiger partial charge on any atom is 0.340 e. The Balaban J connectivity index is 2.23. The van der Waals surface area contributed by atoms with Crippen LogP contribution in [0.25, 0.3) is 0 Å². The Hall–Kier alpha value is -2.37. The molecule has 0 amide bonds. The van der Waals surface area contributed by atoms with E-state index in [9.17, 15) is 9.18 Å². The SMILES string of the molecule is CCc1nn(C)cc1CNc1cccc(F)c1C(=O)O. The first kappa shape index (κ1) is 14.0. The van der Waals surface area contributed by atoms with Gasteiger partial charge in [-0.15, -0.1) is 0 Å². The van der Waals surface area contributed by atoms with Gasteiger partial charge in [0.05, 0.1) is 11.4 Å². The first-order valence-electron chi connectivity index (χ1n) is 6.30. The molecule has 6 heteroatoms. The quantitative estimate of drug-likeness (QED) is 0.880. The molecule has 2 aromatic rings. The zero-order chi connectivity index (χ0) is 14.7. The van der Waals surface area contributed by atoms with Crippen molar-refractivity contribution in [1.29, 1.82) is 0 Å². The smallest absolute Gasteiger partial charge is 0.340 e. The maximum atomic E-state index is 13.5. The standard InChI is InChI=1S/C14H16FN3O2/c1-3-11-9(8-18(2)17-11)7-16-12-6-4-5-10(15)13(12)14(19)20/h4-6,8,16H,3,7H2,1-2H3,(H,19,20). The molecule has 0 bridgehead atoms. The van der Waals surface area contributed by atoms with Crippen molar-refractivity contribution in [3.63, 3.8) is 0 Å². The fraction of sp³-hybridized carbons (Fsp3) is 0.286. The van der Waals surface area contributed by atoms with E-state index in [1.807, 2.05) is 20.2 Å². The van der Waals surface area contributed by atoms with Gasteiger partial charge in [-0.05, 0) is 18.6 Å². The molecule has 0 spiro atoms. The average Bonchev–Trinajstić information content (AvgIpc) is 2.76. The summed E-state index contributed by atoms with van der Waals surface area (Å²) in [5, 5.41) is 16.3. The fourth-order valence-electron chi connectivity index (χ4n) is 2.11. The van der Waals surface area contributed by atoms with E-state index in [-0.39, 0.29) is 11.3 Å². The Morgan fingerprint density at radius 2 is 2.25 bits per heavy atom. The van der Waals surface area contributed by atoms with Gasteiger partial charge in [0, 0.05) is 25.4 Å². The molecule has 0 unspecified atom stereocenters. The van der Waals surface area contributed by atoms with Crippen LogP contribution >= 0.6 is 0 Å². The van der Waals surface area contributed by atoms with Gasteiger partial charge >= 0.3 is 5.97 Å². The molecular formula is C14H16FN3O2. The summed E-state index contributed by atoms with van der Waals surface area (Å²) in [4.78, 5) is 11.1. The average molecular weight is 277 g/mol. The molecule has 2 N–H and O–H groups in total. The molecule has 0 aliphatic rings. The minimum absolute atomic E-state index is 0.267. The van der Waals surface area contributed by atoms with E-state index in [0.717, 1.165) is 23.7 Å². The Bertz CT molecular complexity index is 637. The number of hydrogen-bond acceptors (Lipinski definition) is 3. The highest BCUT2D eigenvalue weighted by Gasteiger charge is 2.16. The minimum Gasteiger partial charge on any atom is -0.478 e. The number of aromatic nitrogens is 2. The number of aryl methyl sites for hydroxylation is 2. The fourth-order valence-corrected chi connectivity index (χ4v) is 2.11. The number of rotatable bonds is 5. The highest BCUT2D eigenvalue weighted by atomic mass is 19.1. The topological polar surface area (TPSA) is 67.2 Å². The molecular weight excluding hydrogens is 261 g/mol. The molecule has 0 saturated carbocycles. The van der Waals surface area contributed by atoms with Crippen molar-refractivity contribution in [3.05, 3.63) is 47.0 Å². The molecule has 2 rings (SSSR count). The van der Waals surface area contributed by atoms with E-state index in [1.165, 1.54) is 6.07 Å². The summed E-state index contributed by atoms with van der Waals surface area (Å²) in [6.45, 7) is 2.40. The lowest BCUT2D eigenvalue weighted by Gasteiger charge is -2.09. The maximum absolute atomic E-state index is 13.5. The third-order valence-electron chi connectivity index (χ3n) is 3.02. The molecule has 0 fully saturated rings. The van der Waals surface area contributed by atoms with Crippen molar-refractivity contribution in [2.45, 2.75) is 19.9 Å². The first-order valence-corrected chi connectivity index (χ1v) is 6.30. The number of carbonyl (C=O) groups is 1. The third-order valence-corrected chi connectivity index (χ3v) is 3.02. The molecule has 5 nitrogen and oxygen atoms in total. The molecule has 106 valence electrons. The Morgan fingerprint density at radius 3 is 2.90 bits per heavy atom. The summed E-state index contributed by atoms with van der Waals surface area (Å²) >= 11 is 0. The summed E-state index contributed by atoms with van der Waals surface area (Å²) in [5.41, 5.74) is 1.83. The molecule has 0 radical (unpaired) electrons. The zero-order valence-corrected chi connectivity index (χ0v) is 11.4. The van der Waals surface area contributed by atoms with Crippen molar-refractivity contribution < 1.29 is 14.3 Å². The number of benzene rings is 1. The van der Waals surface area contributed by atoms with Crippen LogP contribution in [0.15, 0.2) is 24.4 Å². The van der Waals surface area contributed by atoms with Gasteiger partial charge in [0.25, 0.3) is 0 Å². The Kier molecular flexibility index (Phi) is 4.02. The third kappa shape index (κ3) is 2.79. The van der Waals surface area contributed by atoms with E-state index in [1.54, 1.807) is 10.7 Å². The number of aromatic carboxylic acids is 1. The van der Waals surface area contributed by atoms with Crippen molar-refractivity contribution in [2.75, 3.05) is 5.32 Å². The normalized spacial score (nSPS) is 10.6. The zero-order valence-electron chi connectivity index (χ0n) is 11.4. The largest absolute Gasteiger partial charge is 0.478 e. The van der Waals surface area contributed by atoms with Crippen molar-refractivity contribution in [2.24, 2.45) is 7.05 Å². The number of nitrogens with zero attached hydrogens (tertiary/aromatic N) is 2. The van der Waals surface area contributed by atoms with Gasteiger partial charge < -0.3 is 10.4 Å². The lowest BCUT2D eigenvalue weighted by molar-refractivity contribution is 0.0693. The monoisotopic (exact) mass is 277 g/mol. The van der Waals surface area contributed by atoms with Gasteiger partial charge in [0.15, 0.2) is 0 Å². The number of carboxylic acid groups (broad SMARTS) is 1. The van der Waals surface area contributed by atoms with E-state index in [4.69, 9.17) is 5.11 Å². The van der Waals surface area contributed by atoms with Gasteiger partial charge in [0.2, 0.25) is 0 Å². The van der Waals surface area contributed by atoms with Crippen LogP contribution in [0, 0.1) is 5.82 Å². The Morgan fingerprint density at radius 1 is 1.50 bits per heavy atom. The minimum atomic E-state index is -1.28. The molecule has 1 aromatic carbocycles. The predicted molar refractivity (Wildman–Crippen MR) is 73.3 cm³/mol. The first-order chi connectivity index (χ1) is 9.52. The number of carboxylic acids is 1. The molecule has 1 aromatic heterocycles. The molecule has 0 atom stereocenters. The van der Waals surface area contributed by atoms with Gasteiger partial charge in [-0.1, -0.05) is 13.0 Å². The molecule has 0 aliphatic heterocycles. The van der Waals surface area contributed by atoms with Crippen LogP contribution in [-0.2, 0) is 20.0 Å². The van der Waals surface area contributed by atoms with E-state index < -0.39 is 11.8 Å². The van der Waals surface area contributed by atoms with Crippen LogP contribution in [0.1, 0.15) is 28.5 Å².